The zero-order valence-electron chi connectivity index (χ0n) is 9.81. The molecule has 0 saturated carbocycles. The summed E-state index contributed by atoms with van der Waals surface area (Å²) in [6.45, 7) is 2.36. The monoisotopic (exact) mass is 251 g/mol. The highest BCUT2D eigenvalue weighted by atomic mass is 16.6. The molecule has 18 heavy (non-hydrogen) atoms. The van der Waals surface area contributed by atoms with E-state index in [4.69, 9.17) is 0 Å². The van der Waals surface area contributed by atoms with Crippen LogP contribution in [0.1, 0.15) is 18.9 Å². The van der Waals surface area contributed by atoms with Gasteiger partial charge in [-0.15, -0.1) is 0 Å². The van der Waals surface area contributed by atoms with Gasteiger partial charge in [-0.25, -0.2) is 5.01 Å². The van der Waals surface area contributed by atoms with E-state index in [0.29, 0.717) is 18.5 Å². The Morgan fingerprint density at radius 3 is 2.78 bits per heavy atom. The fourth-order valence-corrected chi connectivity index (χ4v) is 1.26. The van der Waals surface area contributed by atoms with Crippen molar-refractivity contribution < 1.29 is 14.8 Å². The van der Waals surface area contributed by atoms with Gasteiger partial charge >= 0.3 is 0 Å². The zero-order chi connectivity index (χ0) is 13.5. The van der Waals surface area contributed by atoms with Crippen LogP contribution in [0, 0.1) is 10.1 Å². The van der Waals surface area contributed by atoms with Gasteiger partial charge in [0.1, 0.15) is 5.75 Å². The number of hydrazone groups is 1. The summed E-state index contributed by atoms with van der Waals surface area (Å²) in [4.78, 5) is 20.5. The van der Waals surface area contributed by atoms with Crippen molar-refractivity contribution in [3.05, 3.63) is 33.9 Å². The summed E-state index contributed by atoms with van der Waals surface area (Å²) in [5.74, 6) is -0.254. The van der Waals surface area contributed by atoms with Crippen LogP contribution in [0.25, 0.3) is 0 Å². The predicted octanol–water partition coefficient (Wildman–Crippen LogP) is 1.50. The van der Waals surface area contributed by atoms with Gasteiger partial charge in [0.05, 0.1) is 17.2 Å². The number of benzene rings is 1. The lowest BCUT2D eigenvalue weighted by molar-refractivity contribution is -0.384. The maximum atomic E-state index is 10.6. The molecule has 1 N–H and O–H groups in total. The molecule has 0 atom stereocenters. The van der Waals surface area contributed by atoms with E-state index in [1.165, 1.54) is 23.4 Å². The van der Waals surface area contributed by atoms with Crippen molar-refractivity contribution in [2.24, 2.45) is 5.10 Å². The highest BCUT2D eigenvalue weighted by Crippen LogP contribution is 2.21. The van der Waals surface area contributed by atoms with Gasteiger partial charge in [0.25, 0.3) is 5.69 Å². The number of nitrogens with zero attached hydrogens (tertiary/aromatic N) is 3. The standard InChI is InChI=1S/C11H13N3O4/c1-2-5-13(8-15)12-7-9-3-4-10(14(17)18)6-11(9)16/h3-4,6-8,16H,2,5H2,1H3/b12-7-. The Balaban J connectivity index is 2.87. The highest BCUT2D eigenvalue weighted by molar-refractivity contribution is 5.84. The Labute approximate surface area is 103 Å². The lowest BCUT2D eigenvalue weighted by Gasteiger charge is -2.08. The second-order valence-electron chi connectivity index (χ2n) is 3.51. The summed E-state index contributed by atoms with van der Waals surface area (Å²) >= 11 is 0. The fraction of sp³-hybridized carbons (Fsp3) is 0.273. The van der Waals surface area contributed by atoms with Crippen molar-refractivity contribution in [2.45, 2.75) is 13.3 Å². The van der Waals surface area contributed by atoms with Gasteiger partial charge in [-0.2, -0.15) is 5.10 Å². The molecule has 0 aliphatic rings. The molecular formula is C11H13N3O4. The van der Waals surface area contributed by atoms with Crippen molar-refractivity contribution in [3.63, 3.8) is 0 Å². The van der Waals surface area contributed by atoms with Gasteiger partial charge in [0.15, 0.2) is 0 Å². The largest absolute Gasteiger partial charge is 0.507 e. The van der Waals surface area contributed by atoms with Gasteiger partial charge < -0.3 is 5.11 Å². The predicted molar refractivity (Wildman–Crippen MR) is 65.4 cm³/mol. The summed E-state index contributed by atoms with van der Waals surface area (Å²) in [7, 11) is 0. The number of phenolic OH excluding ortho intramolecular Hbond substituents is 1. The van der Waals surface area contributed by atoms with Crippen LogP contribution < -0.4 is 0 Å². The average Bonchev–Trinajstić information content (AvgIpc) is 2.35. The number of hydrogen-bond donors (Lipinski definition) is 1. The van der Waals surface area contributed by atoms with Crippen LogP contribution in [0.5, 0.6) is 5.75 Å². The SMILES string of the molecule is CCCN(C=O)/N=C\c1ccc([N+](=O)[O-])cc1O. The van der Waals surface area contributed by atoms with Crippen LogP contribution in [0.15, 0.2) is 23.3 Å². The lowest BCUT2D eigenvalue weighted by atomic mass is 10.2. The maximum Gasteiger partial charge on any atom is 0.273 e. The van der Waals surface area contributed by atoms with Gasteiger partial charge in [0, 0.05) is 18.2 Å². The third kappa shape index (κ3) is 3.55. The number of hydrogen-bond acceptors (Lipinski definition) is 5. The molecule has 0 aliphatic heterocycles. The van der Waals surface area contributed by atoms with E-state index >= 15 is 0 Å². The van der Waals surface area contributed by atoms with E-state index in [0.717, 1.165) is 12.5 Å². The smallest absolute Gasteiger partial charge is 0.273 e. The lowest BCUT2D eigenvalue weighted by Crippen LogP contribution is -2.15. The minimum Gasteiger partial charge on any atom is -0.507 e. The van der Waals surface area contributed by atoms with Crippen molar-refractivity contribution in [3.8, 4) is 5.75 Å². The Kier molecular flexibility index (Phi) is 4.79. The molecular weight excluding hydrogens is 238 g/mol. The number of aromatic hydroxyl groups is 1. The summed E-state index contributed by atoms with van der Waals surface area (Å²) in [6, 6.07) is 3.66. The van der Waals surface area contributed by atoms with Gasteiger partial charge in [0.2, 0.25) is 6.41 Å². The number of nitro groups is 1. The molecule has 7 nitrogen and oxygen atoms in total. The summed E-state index contributed by atoms with van der Waals surface area (Å²) in [5, 5.41) is 25.1. The topological polar surface area (TPSA) is 96.0 Å². The molecule has 1 aromatic carbocycles. The molecule has 0 saturated heterocycles. The molecule has 0 fully saturated rings. The zero-order valence-corrected chi connectivity index (χ0v) is 9.81. The van der Waals surface area contributed by atoms with Crippen LogP contribution >= 0.6 is 0 Å². The van der Waals surface area contributed by atoms with Crippen LogP contribution in [-0.2, 0) is 4.79 Å². The Bertz CT molecular complexity index is 473. The molecule has 1 amide bonds. The Morgan fingerprint density at radius 2 is 2.28 bits per heavy atom. The summed E-state index contributed by atoms with van der Waals surface area (Å²) in [5.41, 5.74) is 0.106. The number of amides is 1. The van der Waals surface area contributed by atoms with Gasteiger partial charge in [-0.1, -0.05) is 6.92 Å². The third-order valence-corrected chi connectivity index (χ3v) is 2.14. The summed E-state index contributed by atoms with van der Waals surface area (Å²) < 4.78 is 0. The number of carbonyl (C=O) groups is 1. The van der Waals surface area contributed by atoms with Crippen LogP contribution in [0.2, 0.25) is 0 Å². The highest BCUT2D eigenvalue weighted by Gasteiger charge is 2.08. The van der Waals surface area contributed by atoms with E-state index in [-0.39, 0.29) is 11.4 Å². The second kappa shape index (κ2) is 6.33. The van der Waals surface area contributed by atoms with Crippen LogP contribution in [0.4, 0.5) is 5.69 Å². The molecule has 0 heterocycles. The molecule has 0 unspecified atom stereocenters. The van der Waals surface area contributed by atoms with E-state index in [1.54, 1.807) is 0 Å². The number of phenols is 1. The molecule has 1 rings (SSSR count). The minimum atomic E-state index is -0.602. The van der Waals surface area contributed by atoms with Crippen molar-refractivity contribution in [2.75, 3.05) is 6.54 Å². The Hall–Kier alpha value is -2.44. The first-order valence-electron chi connectivity index (χ1n) is 5.31. The van der Waals surface area contributed by atoms with Crippen molar-refractivity contribution in [1.82, 2.24) is 5.01 Å². The quantitative estimate of drug-likeness (QED) is 0.358. The number of carbonyl (C=O) groups excluding carboxylic acids is 1. The first-order valence-corrected chi connectivity index (χ1v) is 5.31. The second-order valence-corrected chi connectivity index (χ2v) is 3.51. The molecule has 7 heteroatoms. The van der Waals surface area contributed by atoms with E-state index in [1.807, 2.05) is 6.92 Å². The minimum absolute atomic E-state index is 0.203. The Morgan fingerprint density at radius 1 is 1.56 bits per heavy atom. The molecule has 96 valence electrons. The average molecular weight is 251 g/mol. The molecule has 0 aliphatic carbocycles. The molecule has 0 bridgehead atoms. The van der Waals surface area contributed by atoms with Crippen LogP contribution in [0.3, 0.4) is 0 Å². The van der Waals surface area contributed by atoms with E-state index in [2.05, 4.69) is 5.10 Å². The van der Waals surface area contributed by atoms with Crippen molar-refractivity contribution in [1.29, 1.82) is 0 Å². The van der Waals surface area contributed by atoms with Gasteiger partial charge in [-0.05, 0) is 12.5 Å². The maximum absolute atomic E-state index is 10.6. The summed E-state index contributed by atoms with van der Waals surface area (Å²) in [6.07, 6.45) is 2.61. The fourth-order valence-electron chi connectivity index (χ4n) is 1.26. The van der Waals surface area contributed by atoms with E-state index < -0.39 is 4.92 Å². The molecule has 1 aromatic rings. The molecule has 0 aromatic heterocycles. The number of nitro benzene ring substituents is 1. The molecule has 0 radical (unpaired) electrons. The first kappa shape index (κ1) is 13.6. The van der Waals surface area contributed by atoms with Crippen molar-refractivity contribution >= 4 is 18.3 Å². The molecule has 0 spiro atoms. The number of non-ortho nitro benzene ring substituents is 1. The first-order chi connectivity index (χ1) is 8.58. The number of rotatable bonds is 6. The van der Waals surface area contributed by atoms with E-state index in [9.17, 15) is 20.0 Å². The normalized spacial score (nSPS) is 10.5. The van der Waals surface area contributed by atoms with Crippen LogP contribution in [-0.4, -0.2) is 34.2 Å². The third-order valence-electron chi connectivity index (χ3n) is 2.14. The van der Waals surface area contributed by atoms with Gasteiger partial charge in [-0.3, -0.25) is 14.9 Å².